The number of aliphatic hydroxyl groups is 2. The molecule has 2 saturated heterocycles. The van der Waals surface area contributed by atoms with Crippen LogP contribution in [0.25, 0.3) is 0 Å². The van der Waals surface area contributed by atoms with Gasteiger partial charge in [-0.3, -0.25) is 58.4 Å². The highest BCUT2D eigenvalue weighted by Gasteiger charge is 2.53. The van der Waals surface area contributed by atoms with Crippen LogP contribution in [0.2, 0.25) is 0 Å². The molecule has 0 saturated carbocycles. The van der Waals surface area contributed by atoms with Gasteiger partial charge >= 0.3 is 18.3 Å². The molecule has 0 aromatic heterocycles. The number of likely N-dealkylation sites (tertiary alicyclic amines) is 2. The summed E-state index contributed by atoms with van der Waals surface area (Å²) in [5.41, 5.74) is 6.33. The Morgan fingerprint density at radius 1 is 0.726 bits per heavy atom. The minimum Gasteiger partial charge on any atom is -0.445 e. The molecule has 0 radical (unpaired) electrons. The number of methoxy groups -OCH3 is 2. The molecule has 4 unspecified atom stereocenters. The van der Waals surface area contributed by atoms with Gasteiger partial charge in [-0.05, 0) is 131 Å². The van der Waals surface area contributed by atoms with Gasteiger partial charge in [0.25, 0.3) is 0 Å². The molecule has 0 spiro atoms. The van der Waals surface area contributed by atoms with Crippen LogP contribution < -0.4 is 43.0 Å². The number of allylic oxidation sites excluding steroid dienone is 1. The lowest BCUT2D eigenvalue weighted by atomic mass is 9.61. The highest BCUT2D eigenvalue weighted by Crippen LogP contribution is 2.50. The van der Waals surface area contributed by atoms with Crippen LogP contribution in [-0.4, -0.2) is 217 Å². The number of amides is 11. The number of nitrogens with two attached hydrogens (primary N) is 1. The van der Waals surface area contributed by atoms with Crippen molar-refractivity contribution in [1.29, 1.82) is 0 Å². The van der Waals surface area contributed by atoms with Crippen molar-refractivity contribution in [1.82, 2.24) is 51.5 Å². The number of rotatable bonds is 54. The SMILES string of the molecule is C=CC(CCC)(C(CCC)CCCC)C1CC(=O)N(CCCCC[C@H](N[C@H](C(=O)N[C@@H](CCCNC(N)=O)C(=O)NCCCC(=O)Nc2ccc(COC(=O)N(C)[C@H](C(=O)N[C@@H](C(C)C)C(O)N(C)[C@@H]([C@@H](C)CC)[C@@H](CC(=O)N3CCC[C@H]3[C@H](OC)[C@@H](C)C(=O)N[C@H](C)[C@@H](O)c3ccccc3)OC)C(C)C)cc2)C(C)C)C(F)(F)F)C1=O. The minimum absolute atomic E-state index is 0.0300. The van der Waals surface area contributed by atoms with Gasteiger partial charge in [0.2, 0.25) is 47.3 Å². The standard InChI is InChI=1S/C87H143F3N12O15/c1-19-24-37-62(34-20-2)86(23-5,46-21-3)64-51-70(104)102(82(64)111)49-30-26-29-40-68(87(88,89)90)97-72(54(6)7)80(109)96-65(38-31-48-93-84(91)113)79(108)92-47-32-41-69(103)95-63-44-42-60(43-45-63)53-117-85(114)100(16)74(56(10)11)81(110)98-73(55(8)9)83(112)99(15)75(57(12)22-4)67(115-17)52-71(105)101-50-33-39-66(101)77(116-18)58(13)78(107)94-59(14)76(106)61-35-27-25-28-36-61/h23,25,27-28,35-36,42-45,54-59,62,64-68,72-77,83,97,106,112H,5,19-22,24,26,29-34,37-41,46-53H2,1-4,6-18H3,(H,92,108)(H,94,107)(H,95,103)(H,96,109)(H,98,110)(H3,91,93,113)/t57-,58+,59+,62?,64?,65-,66-,67+,68-,72-,73-,74-,75-,76+,77+,83?,86?/m0/s1. The second-order valence-electron chi connectivity index (χ2n) is 33.3. The summed E-state index contributed by atoms with van der Waals surface area (Å²) < 4.78 is 62.3. The fourth-order valence-electron chi connectivity index (χ4n) is 16.9. The van der Waals surface area contributed by atoms with Gasteiger partial charge in [0.05, 0.1) is 60.7 Å². The molecule has 662 valence electrons. The van der Waals surface area contributed by atoms with Crippen LogP contribution in [0.4, 0.5) is 28.4 Å². The number of primary amides is 1. The third-order valence-electron chi connectivity index (χ3n) is 23.7. The lowest BCUT2D eigenvalue weighted by Gasteiger charge is -2.44. The number of hydrogen-bond donors (Lipinski definition) is 10. The van der Waals surface area contributed by atoms with Gasteiger partial charge in [0, 0.05) is 77.4 Å². The lowest BCUT2D eigenvalue weighted by molar-refractivity contribution is -0.162. The zero-order valence-electron chi connectivity index (χ0n) is 72.8. The minimum atomic E-state index is -4.77. The molecule has 11 N–H and O–H groups in total. The summed E-state index contributed by atoms with van der Waals surface area (Å²) in [6.07, 6.45) is 1.31. The van der Waals surface area contributed by atoms with Gasteiger partial charge in [0.15, 0.2) is 0 Å². The number of aliphatic hydroxyl groups excluding tert-OH is 2. The van der Waals surface area contributed by atoms with Crippen molar-refractivity contribution in [3.8, 4) is 0 Å². The first-order valence-electron chi connectivity index (χ1n) is 42.6. The summed E-state index contributed by atoms with van der Waals surface area (Å²) >= 11 is 0. The maximum atomic E-state index is 14.8. The molecule has 0 aliphatic carbocycles. The van der Waals surface area contributed by atoms with Gasteiger partial charge in [-0.25, -0.2) is 9.59 Å². The number of benzene rings is 2. The molecule has 17 atom stereocenters. The van der Waals surface area contributed by atoms with E-state index in [9.17, 15) is 71.3 Å². The summed E-state index contributed by atoms with van der Waals surface area (Å²) in [5.74, 6) is -6.17. The smallest absolute Gasteiger partial charge is 0.410 e. The molecular weight excluding hydrogens is 1510 g/mol. The molecule has 11 amide bonds. The molecule has 30 heteroatoms. The number of hydrogen-bond acceptors (Lipinski definition) is 17. The monoisotopic (exact) mass is 1650 g/mol. The molecule has 27 nitrogen and oxygen atoms in total. The van der Waals surface area contributed by atoms with Gasteiger partial charge in [-0.15, -0.1) is 6.58 Å². The summed E-state index contributed by atoms with van der Waals surface area (Å²) in [5, 5.41) is 42.4. The van der Waals surface area contributed by atoms with Crippen LogP contribution in [0.5, 0.6) is 0 Å². The topological polar surface area (TPSA) is 362 Å². The van der Waals surface area contributed by atoms with Crippen molar-refractivity contribution in [2.45, 2.75) is 304 Å². The van der Waals surface area contributed by atoms with Crippen molar-refractivity contribution in [3.63, 3.8) is 0 Å². The summed E-state index contributed by atoms with van der Waals surface area (Å²) in [6.45, 7) is 28.7. The zero-order chi connectivity index (χ0) is 87.6. The van der Waals surface area contributed by atoms with Crippen molar-refractivity contribution >= 4 is 65.1 Å². The largest absolute Gasteiger partial charge is 0.445 e. The molecule has 2 aromatic carbocycles. The van der Waals surface area contributed by atoms with Gasteiger partial charge in [0.1, 0.15) is 31.0 Å². The second kappa shape index (κ2) is 50.3. The van der Waals surface area contributed by atoms with E-state index in [0.717, 1.165) is 44.9 Å². The Kier molecular flexibility index (Phi) is 43.7. The number of likely N-dealkylation sites (N-methyl/N-ethyl adjacent to an activating group) is 2. The van der Waals surface area contributed by atoms with E-state index in [2.05, 4.69) is 64.6 Å². The first-order chi connectivity index (χ1) is 55.3. The van der Waals surface area contributed by atoms with E-state index >= 15 is 0 Å². The Balaban J connectivity index is 1.31. The van der Waals surface area contributed by atoms with Gasteiger partial charge in [-0.1, -0.05) is 177 Å². The van der Waals surface area contributed by atoms with E-state index in [-0.39, 0.29) is 119 Å². The number of carbonyl (C=O) groups is 10. The molecule has 4 rings (SSSR count). The first-order valence-corrected chi connectivity index (χ1v) is 42.6. The Morgan fingerprint density at radius 2 is 1.39 bits per heavy atom. The Bertz CT molecular complexity index is 3430. The number of nitrogens with zero attached hydrogens (tertiary/aromatic N) is 4. The summed E-state index contributed by atoms with van der Waals surface area (Å²) in [6, 6.07) is 6.42. The molecular formula is C87H143F3N12O15. The van der Waals surface area contributed by atoms with Crippen molar-refractivity contribution in [3.05, 3.63) is 78.4 Å². The third kappa shape index (κ3) is 30.2. The van der Waals surface area contributed by atoms with Crippen molar-refractivity contribution in [2.75, 3.05) is 59.8 Å². The predicted molar refractivity (Wildman–Crippen MR) is 446 cm³/mol. The lowest BCUT2D eigenvalue weighted by Crippen LogP contribution is -2.62. The fourth-order valence-corrected chi connectivity index (χ4v) is 16.9. The predicted octanol–water partition coefficient (Wildman–Crippen LogP) is 11.2. The average Bonchev–Trinajstić information content (AvgIpc) is 1.62. The number of urea groups is 1. The number of halogens is 3. The average molecular weight is 1650 g/mol. The van der Waals surface area contributed by atoms with E-state index < -0.39 is 150 Å². The number of imide groups is 1. The molecule has 2 aliphatic rings. The van der Waals surface area contributed by atoms with Gasteiger partial charge in [-0.2, -0.15) is 13.2 Å². The van der Waals surface area contributed by atoms with E-state index in [1.165, 1.54) is 31.1 Å². The Hall–Kier alpha value is -7.77. The van der Waals surface area contributed by atoms with Crippen LogP contribution in [0.1, 0.15) is 236 Å². The molecule has 0 bridgehead atoms. The Labute approximate surface area is 693 Å². The van der Waals surface area contributed by atoms with Gasteiger partial charge < -0.3 is 67.0 Å². The van der Waals surface area contributed by atoms with Crippen LogP contribution in [0.3, 0.4) is 0 Å². The third-order valence-corrected chi connectivity index (χ3v) is 23.7. The first kappa shape index (κ1) is 102. The maximum absolute atomic E-state index is 14.8. The summed E-state index contributed by atoms with van der Waals surface area (Å²) in [4.78, 5) is 143. The number of anilines is 1. The molecule has 2 heterocycles. The fraction of sp³-hybridized carbons (Fsp3) is 0.724. The quantitative estimate of drug-likeness (QED) is 0.0127. The molecule has 2 aromatic rings. The van der Waals surface area contributed by atoms with Crippen LogP contribution >= 0.6 is 0 Å². The highest BCUT2D eigenvalue weighted by molar-refractivity contribution is 6.04. The number of unbranched alkanes of at least 4 members (excludes halogenated alkanes) is 3. The van der Waals surface area contributed by atoms with E-state index in [1.54, 1.807) is 94.8 Å². The number of carbonyl (C=O) groups excluding carboxylic acids is 10. The number of alkyl halides is 3. The second-order valence-corrected chi connectivity index (χ2v) is 33.3. The highest BCUT2D eigenvalue weighted by atomic mass is 19.4. The van der Waals surface area contributed by atoms with E-state index in [0.29, 0.717) is 49.0 Å². The Morgan fingerprint density at radius 3 is 1.97 bits per heavy atom. The maximum Gasteiger partial charge on any atom is 0.410 e. The van der Waals surface area contributed by atoms with Crippen LogP contribution in [-0.2, 0) is 59.2 Å². The molecule has 2 fully saturated rings. The summed E-state index contributed by atoms with van der Waals surface area (Å²) in [7, 11) is 6.22. The van der Waals surface area contributed by atoms with Crippen LogP contribution in [0.15, 0.2) is 67.3 Å². The van der Waals surface area contributed by atoms with Crippen molar-refractivity contribution in [2.24, 2.45) is 52.6 Å². The number of nitrogens with one attached hydrogen (secondary N) is 7. The zero-order valence-corrected chi connectivity index (χ0v) is 72.8. The molecule has 117 heavy (non-hydrogen) atoms. The molecule has 2 aliphatic heterocycles. The van der Waals surface area contributed by atoms with E-state index in [1.807, 2.05) is 52.0 Å². The van der Waals surface area contributed by atoms with Crippen molar-refractivity contribution < 1.29 is 85.5 Å². The normalized spacial score (nSPS) is 18.8. The van der Waals surface area contributed by atoms with Crippen LogP contribution in [0, 0.1) is 46.8 Å². The number of ether oxygens (including phenoxy) is 3. The van der Waals surface area contributed by atoms with E-state index in [4.69, 9.17) is 19.9 Å².